The Labute approximate surface area is 176 Å². The molecule has 156 valence electrons. The Bertz CT molecular complexity index is 1300. The summed E-state index contributed by atoms with van der Waals surface area (Å²) in [7, 11) is 0. The van der Waals surface area contributed by atoms with Crippen LogP contribution in [0.15, 0.2) is 48.8 Å². The smallest absolute Gasteiger partial charge is 0.250 e. The summed E-state index contributed by atoms with van der Waals surface area (Å²) in [5.41, 5.74) is 7.99. The van der Waals surface area contributed by atoms with Gasteiger partial charge in [0.05, 0.1) is 29.6 Å². The van der Waals surface area contributed by atoms with E-state index in [1.807, 2.05) is 6.07 Å². The summed E-state index contributed by atoms with van der Waals surface area (Å²) in [6.07, 6.45) is 4.95. The second-order valence-corrected chi connectivity index (χ2v) is 7.23. The van der Waals surface area contributed by atoms with E-state index in [0.29, 0.717) is 47.4 Å². The summed E-state index contributed by atoms with van der Waals surface area (Å²) in [6, 6.07) is 9.74. The molecule has 0 bridgehead atoms. The van der Waals surface area contributed by atoms with Crippen LogP contribution in [0.25, 0.3) is 17.2 Å². The van der Waals surface area contributed by atoms with Gasteiger partial charge >= 0.3 is 0 Å². The lowest BCUT2D eigenvalue weighted by atomic mass is 10.1. The van der Waals surface area contributed by atoms with Gasteiger partial charge in [0.15, 0.2) is 23.2 Å². The predicted octanol–water partition coefficient (Wildman–Crippen LogP) is 2.97. The fraction of sp³-hybridized carbons (Fsp3) is 0.182. The van der Waals surface area contributed by atoms with Gasteiger partial charge in [-0.1, -0.05) is 12.1 Å². The molecule has 8 nitrogen and oxygen atoms in total. The Kier molecular flexibility index (Phi) is 4.70. The van der Waals surface area contributed by atoms with Crippen molar-refractivity contribution >= 4 is 17.2 Å². The molecule has 9 heteroatoms. The van der Waals surface area contributed by atoms with E-state index >= 15 is 0 Å². The summed E-state index contributed by atoms with van der Waals surface area (Å²) in [5.74, 6) is 1.18. The Balaban J connectivity index is 1.57. The monoisotopic (exact) mass is 418 g/mol. The summed E-state index contributed by atoms with van der Waals surface area (Å²) in [5, 5.41) is 3.24. The molecule has 3 N–H and O–H groups in total. The molecule has 3 aromatic heterocycles. The minimum atomic E-state index is -0.533. The van der Waals surface area contributed by atoms with Crippen LogP contribution in [-0.2, 0) is 13.0 Å². The molecule has 4 heterocycles. The highest BCUT2D eigenvalue weighted by Crippen LogP contribution is 2.33. The van der Waals surface area contributed by atoms with Gasteiger partial charge in [-0.2, -0.15) is 0 Å². The number of nitrogens with one attached hydrogen (secondary N) is 1. The quantitative estimate of drug-likeness (QED) is 0.516. The molecule has 0 atom stereocenters. The van der Waals surface area contributed by atoms with Gasteiger partial charge in [0, 0.05) is 12.7 Å². The molecule has 0 saturated heterocycles. The molecular formula is C22H19FN6O2. The van der Waals surface area contributed by atoms with Gasteiger partial charge in [-0.25, -0.2) is 19.3 Å². The first-order valence-corrected chi connectivity index (χ1v) is 9.88. The number of aromatic nitrogens is 4. The summed E-state index contributed by atoms with van der Waals surface area (Å²) < 4.78 is 21.1. The maximum atomic E-state index is 13.5. The number of rotatable bonds is 5. The van der Waals surface area contributed by atoms with Crippen LogP contribution in [0, 0.1) is 5.82 Å². The van der Waals surface area contributed by atoms with Crippen LogP contribution in [0.2, 0.25) is 0 Å². The SMILES string of the molecule is NC(=O)c1cccn2c(-c3nc4c(c(NCc5cccc(F)c5)n3)OCCC4)ncc12. The van der Waals surface area contributed by atoms with Crippen LogP contribution < -0.4 is 15.8 Å². The number of imidazole rings is 1. The Morgan fingerprint density at radius 1 is 1.26 bits per heavy atom. The first-order chi connectivity index (χ1) is 15.1. The number of fused-ring (bicyclic) bond motifs is 2. The van der Waals surface area contributed by atoms with Gasteiger partial charge in [0.25, 0.3) is 5.91 Å². The number of amides is 1. The number of hydrogen-bond donors (Lipinski definition) is 2. The van der Waals surface area contributed by atoms with Gasteiger partial charge in [-0.15, -0.1) is 0 Å². The number of hydrogen-bond acceptors (Lipinski definition) is 6. The highest BCUT2D eigenvalue weighted by atomic mass is 19.1. The largest absolute Gasteiger partial charge is 0.488 e. The normalized spacial score (nSPS) is 12.9. The fourth-order valence-electron chi connectivity index (χ4n) is 3.68. The first kappa shape index (κ1) is 19.0. The maximum Gasteiger partial charge on any atom is 0.250 e. The summed E-state index contributed by atoms with van der Waals surface area (Å²) in [6.45, 7) is 0.955. The lowest BCUT2D eigenvalue weighted by molar-refractivity contribution is 0.100. The number of nitrogens with two attached hydrogens (primary N) is 1. The lowest BCUT2D eigenvalue weighted by Gasteiger charge is -2.20. The van der Waals surface area contributed by atoms with Crippen molar-refractivity contribution in [2.24, 2.45) is 5.73 Å². The van der Waals surface area contributed by atoms with Crippen molar-refractivity contribution in [3.63, 3.8) is 0 Å². The third-order valence-electron chi connectivity index (χ3n) is 5.13. The van der Waals surface area contributed by atoms with E-state index in [-0.39, 0.29) is 5.82 Å². The molecule has 0 spiro atoms. The number of anilines is 1. The number of benzene rings is 1. The third-order valence-corrected chi connectivity index (χ3v) is 5.13. The predicted molar refractivity (Wildman–Crippen MR) is 112 cm³/mol. The number of carbonyl (C=O) groups excluding carboxylic acids is 1. The van der Waals surface area contributed by atoms with Gasteiger partial charge in [-0.3, -0.25) is 9.20 Å². The number of halogens is 1. The van der Waals surface area contributed by atoms with Crippen LogP contribution in [-0.4, -0.2) is 31.9 Å². The minimum Gasteiger partial charge on any atom is -0.488 e. The molecule has 0 unspecified atom stereocenters. The molecule has 1 aromatic carbocycles. The Morgan fingerprint density at radius 2 is 2.16 bits per heavy atom. The van der Waals surface area contributed by atoms with Gasteiger partial charge in [-0.05, 0) is 42.7 Å². The molecule has 0 saturated carbocycles. The maximum absolute atomic E-state index is 13.5. The number of carbonyl (C=O) groups is 1. The molecule has 1 aliphatic heterocycles. The van der Waals surface area contributed by atoms with E-state index < -0.39 is 5.91 Å². The molecule has 4 aromatic rings. The van der Waals surface area contributed by atoms with Crippen molar-refractivity contribution < 1.29 is 13.9 Å². The highest BCUT2D eigenvalue weighted by molar-refractivity contribution is 5.99. The van der Waals surface area contributed by atoms with E-state index in [1.54, 1.807) is 35.0 Å². The van der Waals surface area contributed by atoms with Crippen LogP contribution in [0.5, 0.6) is 5.75 Å². The molecule has 31 heavy (non-hydrogen) atoms. The molecular weight excluding hydrogens is 399 g/mol. The summed E-state index contributed by atoms with van der Waals surface area (Å²) >= 11 is 0. The number of primary amides is 1. The van der Waals surface area contributed by atoms with Gasteiger partial charge < -0.3 is 15.8 Å². The van der Waals surface area contributed by atoms with E-state index in [0.717, 1.165) is 24.1 Å². The molecule has 0 aliphatic carbocycles. The van der Waals surface area contributed by atoms with Crippen molar-refractivity contribution in [2.75, 3.05) is 11.9 Å². The molecule has 0 radical (unpaired) electrons. The zero-order chi connectivity index (χ0) is 21.4. The van der Waals surface area contributed by atoms with Crippen molar-refractivity contribution in [2.45, 2.75) is 19.4 Å². The van der Waals surface area contributed by atoms with E-state index in [4.69, 9.17) is 10.5 Å². The molecule has 1 aliphatic rings. The highest BCUT2D eigenvalue weighted by Gasteiger charge is 2.22. The zero-order valence-corrected chi connectivity index (χ0v) is 16.5. The molecule has 5 rings (SSSR count). The van der Waals surface area contributed by atoms with Crippen LogP contribution in [0.1, 0.15) is 28.0 Å². The van der Waals surface area contributed by atoms with Gasteiger partial charge in [0.2, 0.25) is 0 Å². The number of ether oxygens (including phenoxy) is 1. The zero-order valence-electron chi connectivity index (χ0n) is 16.5. The Morgan fingerprint density at radius 3 is 3.00 bits per heavy atom. The second-order valence-electron chi connectivity index (χ2n) is 7.23. The average Bonchev–Trinajstić information content (AvgIpc) is 3.21. The van der Waals surface area contributed by atoms with Crippen LogP contribution >= 0.6 is 0 Å². The van der Waals surface area contributed by atoms with E-state index in [9.17, 15) is 9.18 Å². The van der Waals surface area contributed by atoms with Crippen LogP contribution in [0.4, 0.5) is 10.2 Å². The fourth-order valence-corrected chi connectivity index (χ4v) is 3.68. The van der Waals surface area contributed by atoms with Crippen molar-refractivity contribution in [1.29, 1.82) is 0 Å². The van der Waals surface area contributed by atoms with Gasteiger partial charge in [0.1, 0.15) is 5.82 Å². The topological polar surface area (TPSA) is 107 Å². The number of pyridine rings is 1. The molecule has 1 amide bonds. The van der Waals surface area contributed by atoms with Crippen LogP contribution in [0.3, 0.4) is 0 Å². The van der Waals surface area contributed by atoms with Crippen molar-refractivity contribution in [3.05, 3.63) is 71.4 Å². The number of aryl methyl sites for hydroxylation is 1. The first-order valence-electron chi connectivity index (χ1n) is 9.88. The Hall–Kier alpha value is -4.01. The minimum absolute atomic E-state index is 0.296. The van der Waals surface area contributed by atoms with Crippen molar-refractivity contribution in [1.82, 2.24) is 19.4 Å². The number of nitrogens with zero attached hydrogens (tertiary/aromatic N) is 4. The molecule has 0 fully saturated rings. The van der Waals surface area contributed by atoms with Crippen molar-refractivity contribution in [3.8, 4) is 17.4 Å². The standard InChI is InChI=1S/C22H19FN6O2/c23-14-5-1-4-13(10-14)11-25-20-18-16(7-3-9-31-18)27-21(28-20)22-26-12-17-15(19(24)30)6-2-8-29(17)22/h1-2,4-6,8,10,12H,3,7,9,11H2,(H2,24,30)(H,25,27,28). The summed E-state index contributed by atoms with van der Waals surface area (Å²) in [4.78, 5) is 25.5. The van der Waals surface area contributed by atoms with E-state index in [1.165, 1.54) is 12.1 Å². The lowest BCUT2D eigenvalue weighted by Crippen LogP contribution is -2.16. The average molecular weight is 418 g/mol. The second kappa shape index (κ2) is 7.67. The third kappa shape index (κ3) is 3.54. The van der Waals surface area contributed by atoms with E-state index in [2.05, 4.69) is 20.3 Å².